The van der Waals surface area contributed by atoms with Gasteiger partial charge in [0.25, 0.3) is 5.91 Å². The zero-order valence-electron chi connectivity index (χ0n) is 15.8. The van der Waals surface area contributed by atoms with Gasteiger partial charge in [-0.2, -0.15) is 0 Å². The summed E-state index contributed by atoms with van der Waals surface area (Å²) in [5, 5.41) is 5.82. The molecule has 0 radical (unpaired) electrons. The zero-order chi connectivity index (χ0) is 19.8. The summed E-state index contributed by atoms with van der Waals surface area (Å²) in [4.78, 5) is 17.0. The minimum atomic E-state index is -0.468. The normalized spacial score (nSPS) is 16.6. The van der Waals surface area contributed by atoms with Crippen molar-refractivity contribution in [2.45, 2.75) is 25.9 Å². The molecule has 6 nitrogen and oxygen atoms in total. The number of carbonyl (C=O) groups is 1. The molecule has 2 aromatic carbocycles. The largest absolute Gasteiger partial charge is 0.494 e. The van der Waals surface area contributed by atoms with E-state index < -0.39 is 11.7 Å². The fraction of sp³-hybridized carbons (Fsp3) is 0.333. The maximum absolute atomic E-state index is 13.4. The molecule has 0 spiro atoms. The molecule has 1 atom stereocenters. The molecule has 2 N–H and O–H groups in total. The van der Waals surface area contributed by atoms with Gasteiger partial charge in [-0.3, -0.25) is 10.1 Å². The van der Waals surface area contributed by atoms with E-state index in [0.717, 1.165) is 30.9 Å². The SMILES string of the molecule is CCOc1ccc(NC(=NC[C@@H]2CCCO2)NC(=O)c2cccc(F)c2)cc1. The molecule has 0 unspecified atom stereocenters. The molecule has 148 valence electrons. The molecule has 1 fully saturated rings. The van der Waals surface area contributed by atoms with Gasteiger partial charge in [0.05, 0.1) is 19.3 Å². The quantitative estimate of drug-likeness (QED) is 0.589. The Morgan fingerprint density at radius 3 is 2.79 bits per heavy atom. The zero-order valence-corrected chi connectivity index (χ0v) is 15.8. The summed E-state index contributed by atoms with van der Waals surface area (Å²) >= 11 is 0. The number of guanidine groups is 1. The first-order chi connectivity index (χ1) is 13.6. The van der Waals surface area contributed by atoms with Crippen molar-refractivity contribution in [2.75, 3.05) is 25.1 Å². The highest BCUT2D eigenvalue weighted by molar-refractivity contribution is 6.09. The maximum atomic E-state index is 13.4. The number of ether oxygens (including phenoxy) is 2. The van der Waals surface area contributed by atoms with E-state index in [2.05, 4.69) is 15.6 Å². The van der Waals surface area contributed by atoms with Gasteiger partial charge in [-0.25, -0.2) is 9.38 Å². The Morgan fingerprint density at radius 2 is 2.11 bits per heavy atom. The van der Waals surface area contributed by atoms with E-state index in [1.807, 2.05) is 31.2 Å². The Morgan fingerprint density at radius 1 is 1.29 bits per heavy atom. The number of hydrogen-bond donors (Lipinski definition) is 2. The lowest BCUT2D eigenvalue weighted by Gasteiger charge is -2.14. The predicted octanol–water partition coefficient (Wildman–Crippen LogP) is 3.60. The molecule has 1 aliphatic rings. The van der Waals surface area contributed by atoms with Crippen molar-refractivity contribution in [1.29, 1.82) is 0 Å². The minimum Gasteiger partial charge on any atom is -0.494 e. The summed E-state index contributed by atoms with van der Waals surface area (Å²) in [7, 11) is 0. The summed E-state index contributed by atoms with van der Waals surface area (Å²) in [5.41, 5.74) is 0.965. The van der Waals surface area contributed by atoms with Crippen molar-refractivity contribution in [3.05, 3.63) is 59.9 Å². The standard InChI is InChI=1S/C21H24FN3O3/c1-2-27-18-10-8-17(9-11-18)24-21(23-14-19-7-4-12-28-19)25-20(26)15-5-3-6-16(22)13-15/h3,5-6,8-11,13,19H,2,4,7,12,14H2,1H3,(H2,23,24,25,26)/t19-/m0/s1. The van der Waals surface area contributed by atoms with Crippen LogP contribution in [0.4, 0.5) is 10.1 Å². The van der Waals surface area contributed by atoms with Gasteiger partial charge in [0.2, 0.25) is 5.96 Å². The van der Waals surface area contributed by atoms with Crippen LogP contribution in [0.25, 0.3) is 0 Å². The highest BCUT2D eigenvalue weighted by Gasteiger charge is 2.16. The highest BCUT2D eigenvalue weighted by Crippen LogP contribution is 2.16. The van der Waals surface area contributed by atoms with Crippen LogP contribution in [0.1, 0.15) is 30.1 Å². The van der Waals surface area contributed by atoms with Crippen LogP contribution < -0.4 is 15.4 Å². The molecule has 28 heavy (non-hydrogen) atoms. The summed E-state index contributed by atoms with van der Waals surface area (Å²) in [6, 6.07) is 12.9. The van der Waals surface area contributed by atoms with Crippen LogP contribution in [0.2, 0.25) is 0 Å². The molecule has 0 aromatic heterocycles. The molecule has 0 bridgehead atoms. The maximum Gasteiger partial charge on any atom is 0.258 e. The Balaban J connectivity index is 1.72. The molecule has 0 aliphatic carbocycles. The summed E-state index contributed by atoms with van der Waals surface area (Å²) in [6.07, 6.45) is 2.00. The first kappa shape index (κ1) is 19.8. The van der Waals surface area contributed by atoms with Crippen molar-refractivity contribution in [2.24, 2.45) is 4.99 Å². The van der Waals surface area contributed by atoms with Crippen molar-refractivity contribution in [3.8, 4) is 5.75 Å². The smallest absolute Gasteiger partial charge is 0.258 e. The Kier molecular flexibility index (Phi) is 6.97. The fourth-order valence-electron chi connectivity index (χ4n) is 2.84. The van der Waals surface area contributed by atoms with Gasteiger partial charge in [0.1, 0.15) is 11.6 Å². The molecule has 1 heterocycles. The second-order valence-corrected chi connectivity index (χ2v) is 6.37. The van der Waals surface area contributed by atoms with E-state index in [4.69, 9.17) is 9.47 Å². The van der Waals surface area contributed by atoms with Crippen molar-refractivity contribution >= 4 is 17.6 Å². The van der Waals surface area contributed by atoms with E-state index >= 15 is 0 Å². The van der Waals surface area contributed by atoms with Crippen LogP contribution in [0.5, 0.6) is 5.75 Å². The van der Waals surface area contributed by atoms with Crippen LogP contribution in [-0.4, -0.2) is 37.7 Å². The third kappa shape index (κ3) is 5.79. The number of nitrogens with zero attached hydrogens (tertiary/aromatic N) is 1. The Hall–Kier alpha value is -2.93. The van der Waals surface area contributed by atoms with Gasteiger partial charge >= 0.3 is 0 Å². The van der Waals surface area contributed by atoms with Gasteiger partial charge in [-0.15, -0.1) is 0 Å². The molecular weight excluding hydrogens is 361 g/mol. The Bertz CT molecular complexity index is 818. The number of hydrogen-bond acceptors (Lipinski definition) is 4. The number of aliphatic imine (C=N–C) groups is 1. The van der Waals surface area contributed by atoms with E-state index in [1.165, 1.54) is 18.2 Å². The van der Waals surface area contributed by atoms with E-state index in [-0.39, 0.29) is 17.6 Å². The van der Waals surface area contributed by atoms with Gasteiger partial charge in [0.15, 0.2) is 0 Å². The van der Waals surface area contributed by atoms with E-state index in [0.29, 0.717) is 13.2 Å². The summed E-state index contributed by atoms with van der Waals surface area (Å²) in [5.74, 6) is 0.137. The first-order valence-electron chi connectivity index (χ1n) is 9.37. The number of nitrogens with one attached hydrogen (secondary N) is 2. The topological polar surface area (TPSA) is 71.9 Å². The predicted molar refractivity (Wildman–Crippen MR) is 106 cm³/mol. The minimum absolute atomic E-state index is 0.0446. The van der Waals surface area contributed by atoms with Gasteiger partial charge < -0.3 is 14.8 Å². The number of anilines is 1. The van der Waals surface area contributed by atoms with E-state index in [9.17, 15) is 9.18 Å². The highest BCUT2D eigenvalue weighted by atomic mass is 19.1. The number of halogens is 1. The van der Waals surface area contributed by atoms with Gasteiger partial charge in [-0.1, -0.05) is 6.07 Å². The van der Waals surface area contributed by atoms with Crippen LogP contribution in [0, 0.1) is 5.82 Å². The average molecular weight is 385 g/mol. The number of rotatable bonds is 6. The number of benzene rings is 2. The molecule has 3 rings (SSSR count). The van der Waals surface area contributed by atoms with Crippen LogP contribution in [0.3, 0.4) is 0 Å². The fourth-order valence-corrected chi connectivity index (χ4v) is 2.84. The lowest BCUT2D eigenvalue weighted by Crippen LogP contribution is -2.36. The summed E-state index contributed by atoms with van der Waals surface area (Å²) < 4.78 is 24.4. The van der Waals surface area contributed by atoms with Crippen LogP contribution >= 0.6 is 0 Å². The number of carbonyl (C=O) groups excluding carboxylic acids is 1. The van der Waals surface area contributed by atoms with Crippen LogP contribution in [0.15, 0.2) is 53.5 Å². The molecule has 1 aliphatic heterocycles. The second-order valence-electron chi connectivity index (χ2n) is 6.37. The average Bonchev–Trinajstić information content (AvgIpc) is 3.21. The lowest BCUT2D eigenvalue weighted by atomic mass is 10.2. The first-order valence-corrected chi connectivity index (χ1v) is 9.37. The van der Waals surface area contributed by atoms with E-state index in [1.54, 1.807) is 6.07 Å². The summed E-state index contributed by atoms with van der Waals surface area (Å²) in [6.45, 7) is 3.68. The molecular formula is C21H24FN3O3. The molecule has 7 heteroatoms. The molecule has 1 amide bonds. The molecule has 0 saturated carbocycles. The van der Waals surface area contributed by atoms with Crippen molar-refractivity contribution in [1.82, 2.24) is 5.32 Å². The third-order valence-electron chi connectivity index (χ3n) is 4.22. The van der Waals surface area contributed by atoms with Crippen molar-refractivity contribution in [3.63, 3.8) is 0 Å². The lowest BCUT2D eigenvalue weighted by molar-refractivity contribution is 0.0975. The number of amides is 1. The monoisotopic (exact) mass is 385 g/mol. The van der Waals surface area contributed by atoms with Gasteiger partial charge in [-0.05, 0) is 62.2 Å². The third-order valence-corrected chi connectivity index (χ3v) is 4.22. The molecule has 1 saturated heterocycles. The Labute approximate surface area is 163 Å². The van der Waals surface area contributed by atoms with Crippen LogP contribution in [-0.2, 0) is 4.74 Å². The van der Waals surface area contributed by atoms with Gasteiger partial charge in [0, 0.05) is 17.9 Å². The van der Waals surface area contributed by atoms with Crippen molar-refractivity contribution < 1.29 is 18.7 Å². The second kappa shape index (κ2) is 9.85. The molecule has 2 aromatic rings.